The van der Waals surface area contributed by atoms with Crippen LogP contribution in [-0.4, -0.2) is 26.4 Å². The van der Waals surface area contributed by atoms with Crippen molar-refractivity contribution in [3.8, 4) is 0 Å². The number of benzene rings is 2. The first kappa shape index (κ1) is 22.0. The monoisotopic (exact) mass is 450 g/mol. The molecule has 2 aliphatic rings. The lowest BCUT2D eigenvalue weighted by atomic mass is 9.93. The molecular weight excluding hydrogens is 422 g/mol. The molecule has 1 unspecified atom stereocenters. The zero-order valence-corrected chi connectivity index (χ0v) is 19.4. The smallest absolute Gasteiger partial charge is 0.307 e. The summed E-state index contributed by atoms with van der Waals surface area (Å²) in [6.45, 7) is 6.59. The van der Waals surface area contributed by atoms with E-state index in [1.165, 1.54) is 0 Å². The van der Waals surface area contributed by atoms with Gasteiger partial charge in [-0.25, -0.2) is 0 Å². The van der Waals surface area contributed by atoms with E-state index in [9.17, 15) is 9.13 Å². The van der Waals surface area contributed by atoms with Crippen LogP contribution < -0.4 is 0 Å². The van der Waals surface area contributed by atoms with Crippen LogP contribution in [0.15, 0.2) is 48.5 Å². The van der Waals surface area contributed by atoms with Crippen molar-refractivity contribution in [3.63, 3.8) is 0 Å². The van der Waals surface area contributed by atoms with Crippen LogP contribution in [0.1, 0.15) is 34.8 Å². The van der Waals surface area contributed by atoms with Gasteiger partial charge in [-0.3, -0.25) is 9.13 Å². The second-order valence-electron chi connectivity index (χ2n) is 8.36. The molecule has 2 fully saturated rings. The fraction of sp³-hybridized carbons (Fsp3) is 0.455. The molecule has 30 heavy (non-hydrogen) atoms. The van der Waals surface area contributed by atoms with Gasteiger partial charge in [-0.05, 0) is 43.0 Å². The molecule has 0 N–H and O–H groups in total. The van der Waals surface area contributed by atoms with Gasteiger partial charge < -0.3 is 18.1 Å². The molecule has 0 aromatic heterocycles. The third-order valence-electron chi connectivity index (χ3n) is 5.99. The first-order valence-corrected chi connectivity index (χ1v) is 13.5. The Morgan fingerprint density at radius 3 is 1.93 bits per heavy atom. The minimum Gasteiger partial charge on any atom is -0.307 e. The predicted octanol–water partition coefficient (Wildman–Crippen LogP) is 6.03. The Morgan fingerprint density at radius 2 is 1.37 bits per heavy atom. The molecule has 2 aliphatic heterocycles. The van der Waals surface area contributed by atoms with Gasteiger partial charge in [0.25, 0.3) is 0 Å². The molecule has 0 saturated carbocycles. The molecule has 2 aromatic rings. The van der Waals surface area contributed by atoms with Gasteiger partial charge in [0, 0.05) is 0 Å². The lowest BCUT2D eigenvalue weighted by Gasteiger charge is -2.44. The van der Waals surface area contributed by atoms with Crippen LogP contribution in [0.5, 0.6) is 0 Å². The van der Waals surface area contributed by atoms with Gasteiger partial charge in [-0.1, -0.05) is 48.5 Å². The van der Waals surface area contributed by atoms with Crippen molar-refractivity contribution in [1.29, 1.82) is 0 Å². The highest BCUT2D eigenvalue weighted by Gasteiger charge is 2.50. The van der Waals surface area contributed by atoms with Gasteiger partial charge >= 0.3 is 15.2 Å². The average Bonchev–Trinajstić information content (AvgIpc) is 2.76. The van der Waals surface area contributed by atoms with Gasteiger partial charge in [-0.15, -0.1) is 0 Å². The largest absolute Gasteiger partial charge is 0.337 e. The van der Waals surface area contributed by atoms with Crippen molar-refractivity contribution in [1.82, 2.24) is 0 Å². The van der Waals surface area contributed by atoms with E-state index >= 15 is 0 Å². The minimum absolute atomic E-state index is 0.185. The fourth-order valence-electron chi connectivity index (χ4n) is 3.77. The van der Waals surface area contributed by atoms with Gasteiger partial charge in [0.2, 0.25) is 0 Å². The van der Waals surface area contributed by atoms with Crippen LogP contribution in [-0.2, 0) is 33.4 Å². The zero-order valence-electron chi connectivity index (χ0n) is 17.6. The summed E-state index contributed by atoms with van der Waals surface area (Å²) in [5.74, 6) is 0. The first-order chi connectivity index (χ1) is 14.2. The van der Waals surface area contributed by atoms with Crippen LogP contribution >= 0.6 is 15.2 Å². The highest BCUT2D eigenvalue weighted by atomic mass is 31.2. The summed E-state index contributed by atoms with van der Waals surface area (Å²) in [6, 6.07) is 15.5. The second kappa shape index (κ2) is 8.35. The van der Waals surface area contributed by atoms with Crippen molar-refractivity contribution in [3.05, 3.63) is 70.8 Å². The maximum Gasteiger partial charge on any atom is 0.337 e. The number of aryl methyl sites for hydroxylation is 2. The highest BCUT2D eigenvalue weighted by molar-refractivity contribution is 7.54. The van der Waals surface area contributed by atoms with Crippen LogP contribution in [0.25, 0.3) is 0 Å². The fourth-order valence-corrected chi connectivity index (χ4v) is 7.82. The molecule has 0 aliphatic carbocycles. The summed E-state index contributed by atoms with van der Waals surface area (Å²) < 4.78 is 49.5. The van der Waals surface area contributed by atoms with Crippen molar-refractivity contribution in [2.75, 3.05) is 26.4 Å². The quantitative estimate of drug-likeness (QED) is 0.530. The van der Waals surface area contributed by atoms with Gasteiger partial charge in [0.05, 0.1) is 43.7 Å². The number of hydrogen-bond donors (Lipinski definition) is 0. The summed E-state index contributed by atoms with van der Waals surface area (Å²) >= 11 is 0. The number of hydrogen-bond acceptors (Lipinski definition) is 6. The molecule has 0 radical (unpaired) electrons. The Balaban J connectivity index is 1.40. The predicted molar refractivity (Wildman–Crippen MR) is 116 cm³/mol. The first-order valence-electron chi connectivity index (χ1n) is 10.1. The van der Waals surface area contributed by atoms with E-state index in [-0.39, 0.29) is 38.2 Å². The lowest BCUT2D eigenvalue weighted by molar-refractivity contribution is -0.0699. The molecule has 0 bridgehead atoms. The van der Waals surface area contributed by atoms with Crippen LogP contribution in [0.2, 0.25) is 0 Å². The Morgan fingerprint density at radius 1 is 0.833 bits per heavy atom. The van der Waals surface area contributed by atoms with E-state index in [1.807, 2.05) is 69.3 Å². The van der Waals surface area contributed by atoms with E-state index in [1.54, 1.807) is 0 Å². The van der Waals surface area contributed by atoms with Crippen molar-refractivity contribution >= 4 is 15.2 Å². The number of rotatable bonds is 4. The Hall–Kier alpha value is -1.26. The standard InChI is InChI=1S/C22H28O6P2/c1-17-8-7-9-18(2)21(17)12-29(23)25-13-22(14-26-29)15-27-30(24,28-16-22)19(3)20-10-5-4-6-11-20/h4-11,19H,12-16H2,1-3H3. The molecule has 2 saturated heterocycles. The maximum absolute atomic E-state index is 13.2. The SMILES string of the molecule is Cc1cccc(C)c1CP1(=O)OCC2(CO1)COP(=O)(C(C)c1ccccc1)OC2. The van der Waals surface area contributed by atoms with Gasteiger partial charge in [-0.2, -0.15) is 0 Å². The molecular formula is C22H28O6P2. The van der Waals surface area contributed by atoms with Crippen molar-refractivity contribution < 1.29 is 27.2 Å². The Labute approximate surface area is 178 Å². The van der Waals surface area contributed by atoms with E-state index in [4.69, 9.17) is 18.1 Å². The molecule has 1 atom stereocenters. The lowest BCUT2D eigenvalue weighted by Crippen LogP contribution is -2.46. The van der Waals surface area contributed by atoms with Gasteiger partial charge in [0.1, 0.15) is 0 Å². The van der Waals surface area contributed by atoms with E-state index in [2.05, 4.69) is 0 Å². The molecule has 2 heterocycles. The van der Waals surface area contributed by atoms with Crippen molar-refractivity contribution in [2.45, 2.75) is 32.6 Å². The summed E-state index contributed by atoms with van der Waals surface area (Å²) in [5.41, 5.74) is 3.08. The third kappa shape index (κ3) is 4.36. The topological polar surface area (TPSA) is 71.1 Å². The maximum atomic E-state index is 13.2. The highest BCUT2D eigenvalue weighted by Crippen LogP contribution is 2.66. The molecule has 8 heteroatoms. The third-order valence-corrected chi connectivity index (χ3v) is 9.96. The molecule has 1 spiro atoms. The zero-order chi connectivity index (χ0) is 21.4. The van der Waals surface area contributed by atoms with E-state index < -0.39 is 20.6 Å². The van der Waals surface area contributed by atoms with Crippen LogP contribution in [0.4, 0.5) is 0 Å². The van der Waals surface area contributed by atoms with E-state index in [0.29, 0.717) is 0 Å². The average molecular weight is 450 g/mol. The summed E-state index contributed by atoms with van der Waals surface area (Å²) in [6.07, 6.45) is 0.243. The summed E-state index contributed by atoms with van der Waals surface area (Å²) in [4.78, 5) is 0. The summed E-state index contributed by atoms with van der Waals surface area (Å²) in [5, 5.41) is 0. The molecule has 0 amide bonds. The Bertz CT molecular complexity index is 960. The van der Waals surface area contributed by atoms with Crippen LogP contribution in [0.3, 0.4) is 0 Å². The Kier molecular flexibility index (Phi) is 6.11. The van der Waals surface area contributed by atoms with Crippen molar-refractivity contribution in [2.24, 2.45) is 5.41 Å². The van der Waals surface area contributed by atoms with Crippen LogP contribution in [0, 0.1) is 19.3 Å². The normalized spacial score (nSPS) is 32.8. The van der Waals surface area contributed by atoms with Gasteiger partial charge in [0.15, 0.2) is 0 Å². The van der Waals surface area contributed by atoms with E-state index in [0.717, 1.165) is 22.3 Å². The molecule has 2 aromatic carbocycles. The minimum atomic E-state index is -3.30. The summed E-state index contributed by atoms with van der Waals surface area (Å²) in [7, 11) is -6.56. The second-order valence-corrected chi connectivity index (χ2v) is 12.8. The molecule has 6 nitrogen and oxygen atoms in total. The molecule has 162 valence electrons. The molecule has 4 rings (SSSR count).